The van der Waals surface area contributed by atoms with E-state index in [2.05, 4.69) is 48.2 Å². The third-order valence-electron chi connectivity index (χ3n) is 5.36. The van der Waals surface area contributed by atoms with Crippen molar-refractivity contribution >= 4 is 5.78 Å². The molecule has 27 heavy (non-hydrogen) atoms. The number of rotatable bonds is 8. The number of likely N-dealkylation sites (N-methyl/N-ethyl adjacent to an activating group) is 1. The summed E-state index contributed by atoms with van der Waals surface area (Å²) in [6.07, 6.45) is 2.33. The van der Waals surface area contributed by atoms with Crippen LogP contribution in [0.2, 0.25) is 0 Å². The summed E-state index contributed by atoms with van der Waals surface area (Å²) in [5, 5.41) is 0. The minimum absolute atomic E-state index is 0.229. The summed E-state index contributed by atoms with van der Waals surface area (Å²) in [6.45, 7) is 3.42. The Bertz CT molecular complexity index is 718. The van der Waals surface area contributed by atoms with Crippen molar-refractivity contribution in [3.8, 4) is 0 Å². The van der Waals surface area contributed by atoms with Crippen molar-refractivity contribution in [2.75, 3.05) is 40.3 Å². The summed E-state index contributed by atoms with van der Waals surface area (Å²) in [5.74, 6) is 0.229. The maximum absolute atomic E-state index is 12.3. The van der Waals surface area contributed by atoms with Gasteiger partial charge < -0.3 is 4.74 Å². The summed E-state index contributed by atoms with van der Waals surface area (Å²) >= 11 is 0. The van der Waals surface area contributed by atoms with Crippen molar-refractivity contribution in [1.82, 2.24) is 9.80 Å². The molecule has 0 bridgehead atoms. The first kappa shape index (κ1) is 19.7. The molecule has 4 nitrogen and oxygen atoms in total. The van der Waals surface area contributed by atoms with Gasteiger partial charge in [0.25, 0.3) is 0 Å². The second kappa shape index (κ2) is 9.27. The molecular weight excluding hydrogens is 336 g/mol. The number of carbonyl (C=O) groups excluding carboxylic acids is 1. The van der Waals surface area contributed by atoms with E-state index in [0.29, 0.717) is 6.42 Å². The van der Waals surface area contributed by atoms with Crippen molar-refractivity contribution in [3.05, 3.63) is 71.8 Å². The van der Waals surface area contributed by atoms with Gasteiger partial charge in [0.05, 0.1) is 6.61 Å². The third-order valence-corrected chi connectivity index (χ3v) is 5.36. The van der Waals surface area contributed by atoms with Crippen molar-refractivity contribution in [2.24, 2.45) is 0 Å². The Kier molecular flexibility index (Phi) is 6.78. The van der Waals surface area contributed by atoms with Crippen LogP contribution in [-0.2, 0) is 11.2 Å². The monoisotopic (exact) mass is 366 g/mol. The zero-order chi connectivity index (χ0) is 19.1. The number of hydrogen-bond acceptors (Lipinski definition) is 4. The van der Waals surface area contributed by atoms with Crippen LogP contribution in [-0.4, -0.2) is 61.6 Å². The first-order valence-electron chi connectivity index (χ1n) is 9.75. The van der Waals surface area contributed by atoms with Gasteiger partial charge in [-0.3, -0.25) is 14.6 Å². The molecule has 0 saturated carbocycles. The molecule has 0 aromatic heterocycles. The topological polar surface area (TPSA) is 32.8 Å². The first-order valence-corrected chi connectivity index (χ1v) is 9.75. The van der Waals surface area contributed by atoms with E-state index in [4.69, 9.17) is 4.74 Å². The van der Waals surface area contributed by atoms with E-state index in [1.54, 1.807) is 0 Å². The fourth-order valence-electron chi connectivity index (χ4n) is 3.71. The van der Waals surface area contributed by atoms with Crippen molar-refractivity contribution < 1.29 is 9.53 Å². The van der Waals surface area contributed by atoms with Gasteiger partial charge in [-0.25, -0.2) is 0 Å². The Balaban J connectivity index is 1.56. The number of Topliss-reactive ketones (excluding diaryl/α,β-unsaturated/α-hetero) is 1. The highest BCUT2D eigenvalue weighted by Crippen LogP contribution is 2.25. The normalized spacial score (nSPS) is 20.7. The Morgan fingerprint density at radius 3 is 2.41 bits per heavy atom. The lowest BCUT2D eigenvalue weighted by Gasteiger charge is -2.47. The molecule has 1 unspecified atom stereocenters. The van der Waals surface area contributed by atoms with Gasteiger partial charge in [0.1, 0.15) is 5.72 Å². The minimum Gasteiger partial charge on any atom is -0.357 e. The average molecular weight is 367 g/mol. The molecule has 0 N–H and O–H groups in total. The van der Waals surface area contributed by atoms with Crippen LogP contribution in [0.25, 0.3) is 0 Å². The molecule has 0 amide bonds. The van der Waals surface area contributed by atoms with E-state index >= 15 is 0 Å². The van der Waals surface area contributed by atoms with Crippen LogP contribution in [0, 0.1) is 0 Å². The molecule has 0 spiro atoms. The molecule has 144 valence electrons. The molecule has 3 rings (SSSR count). The molecule has 0 radical (unpaired) electrons. The zero-order valence-electron chi connectivity index (χ0n) is 16.4. The number of ether oxygens (including phenoxy) is 1. The van der Waals surface area contributed by atoms with Crippen molar-refractivity contribution in [3.63, 3.8) is 0 Å². The number of ketones is 1. The predicted octanol–water partition coefficient (Wildman–Crippen LogP) is 3.48. The molecule has 0 aliphatic carbocycles. The highest BCUT2D eigenvalue weighted by Gasteiger charge is 2.38. The van der Waals surface area contributed by atoms with Gasteiger partial charge in [0.15, 0.2) is 5.78 Å². The van der Waals surface area contributed by atoms with Gasteiger partial charge in [0, 0.05) is 31.5 Å². The van der Waals surface area contributed by atoms with E-state index in [-0.39, 0.29) is 11.5 Å². The molecule has 1 saturated heterocycles. The van der Waals surface area contributed by atoms with Crippen LogP contribution in [0.15, 0.2) is 60.7 Å². The van der Waals surface area contributed by atoms with Gasteiger partial charge in [-0.2, -0.15) is 0 Å². The Labute approximate surface area is 162 Å². The van der Waals surface area contributed by atoms with Crippen molar-refractivity contribution in [2.45, 2.75) is 25.0 Å². The average Bonchev–Trinajstić information content (AvgIpc) is 2.69. The lowest BCUT2D eigenvalue weighted by Crippen LogP contribution is -2.60. The molecule has 2 aromatic carbocycles. The lowest BCUT2D eigenvalue weighted by molar-refractivity contribution is -0.182. The highest BCUT2D eigenvalue weighted by atomic mass is 16.5. The summed E-state index contributed by atoms with van der Waals surface area (Å²) in [7, 11) is 4.18. The highest BCUT2D eigenvalue weighted by molar-refractivity contribution is 5.95. The summed E-state index contributed by atoms with van der Waals surface area (Å²) < 4.78 is 6.28. The number of hydrogen-bond donors (Lipinski definition) is 0. The van der Waals surface area contributed by atoms with Crippen LogP contribution in [0.4, 0.5) is 0 Å². The molecule has 1 fully saturated rings. The molecule has 4 heteroatoms. The fraction of sp³-hybridized carbons (Fsp3) is 0.435. The summed E-state index contributed by atoms with van der Waals surface area (Å²) in [5.41, 5.74) is 1.78. The standard InChI is InChI=1S/C23H30N2O2/c1-24(2)23(18-20-10-5-3-6-11-20)19-25(16-17-27-23)15-9-14-22(26)21-12-7-4-8-13-21/h3-8,10-13H,9,14-19H2,1-2H3. The number of benzene rings is 2. The third kappa shape index (κ3) is 5.25. The Hall–Kier alpha value is -2.01. The van der Waals surface area contributed by atoms with Gasteiger partial charge >= 0.3 is 0 Å². The van der Waals surface area contributed by atoms with E-state index in [9.17, 15) is 4.79 Å². The molecule has 1 atom stereocenters. The SMILES string of the molecule is CN(C)C1(Cc2ccccc2)CN(CCCC(=O)c2ccccc2)CCO1. The predicted molar refractivity (Wildman–Crippen MR) is 109 cm³/mol. The largest absolute Gasteiger partial charge is 0.357 e. The maximum Gasteiger partial charge on any atom is 0.162 e. The summed E-state index contributed by atoms with van der Waals surface area (Å²) in [4.78, 5) is 16.9. The maximum atomic E-state index is 12.3. The minimum atomic E-state index is -0.316. The zero-order valence-corrected chi connectivity index (χ0v) is 16.4. The van der Waals surface area contributed by atoms with Gasteiger partial charge in [-0.1, -0.05) is 60.7 Å². The Morgan fingerprint density at radius 1 is 1.07 bits per heavy atom. The van der Waals surface area contributed by atoms with Gasteiger partial charge in [-0.05, 0) is 32.6 Å². The number of morpholine rings is 1. The molecule has 1 heterocycles. The van der Waals surface area contributed by atoms with Gasteiger partial charge in [-0.15, -0.1) is 0 Å². The smallest absolute Gasteiger partial charge is 0.162 e. The van der Waals surface area contributed by atoms with Crippen LogP contribution >= 0.6 is 0 Å². The van der Waals surface area contributed by atoms with Crippen LogP contribution in [0.5, 0.6) is 0 Å². The first-order chi connectivity index (χ1) is 13.1. The fourth-order valence-corrected chi connectivity index (χ4v) is 3.71. The molecular formula is C23H30N2O2. The summed E-state index contributed by atoms with van der Waals surface area (Å²) in [6, 6.07) is 20.1. The van der Waals surface area contributed by atoms with E-state index < -0.39 is 0 Å². The van der Waals surface area contributed by atoms with Crippen LogP contribution in [0.3, 0.4) is 0 Å². The second-order valence-electron chi connectivity index (χ2n) is 7.52. The van der Waals surface area contributed by atoms with E-state index in [0.717, 1.165) is 44.6 Å². The lowest BCUT2D eigenvalue weighted by atomic mass is 9.99. The van der Waals surface area contributed by atoms with Crippen LogP contribution in [0.1, 0.15) is 28.8 Å². The molecule has 2 aromatic rings. The molecule has 1 aliphatic rings. The van der Waals surface area contributed by atoms with Gasteiger partial charge in [0.2, 0.25) is 0 Å². The van der Waals surface area contributed by atoms with Crippen molar-refractivity contribution in [1.29, 1.82) is 0 Å². The second-order valence-corrected chi connectivity index (χ2v) is 7.52. The quantitative estimate of drug-likeness (QED) is 0.670. The van der Waals surface area contributed by atoms with Crippen LogP contribution < -0.4 is 0 Å². The van der Waals surface area contributed by atoms with E-state index in [1.807, 2.05) is 36.4 Å². The Morgan fingerprint density at radius 2 is 1.74 bits per heavy atom. The number of nitrogens with zero attached hydrogens (tertiary/aromatic N) is 2. The number of carbonyl (C=O) groups is 1. The molecule has 1 aliphatic heterocycles. The van der Waals surface area contributed by atoms with E-state index in [1.165, 1.54) is 5.56 Å².